The molecule has 0 spiro atoms. The summed E-state index contributed by atoms with van der Waals surface area (Å²) in [4.78, 5) is 11.7. The molecule has 0 fully saturated rings. The van der Waals surface area contributed by atoms with Crippen LogP contribution in [-0.2, 0) is 12.8 Å². The molecule has 0 radical (unpaired) electrons. The summed E-state index contributed by atoms with van der Waals surface area (Å²) in [7, 11) is 0. The fourth-order valence-electron chi connectivity index (χ4n) is 3.40. The maximum absolute atomic E-state index is 4.77. The Kier molecular flexibility index (Phi) is 6.45. The normalized spacial score (nSPS) is 11.0. The van der Waals surface area contributed by atoms with Crippen LogP contribution in [0.3, 0.4) is 0 Å². The Morgan fingerprint density at radius 1 is 0.929 bits per heavy atom. The third-order valence-electron chi connectivity index (χ3n) is 5.18. The summed E-state index contributed by atoms with van der Waals surface area (Å²) in [6, 6.07) is 13.4. The average Bonchev–Trinajstić information content (AvgIpc) is 2.73. The second kappa shape index (κ2) is 9.01. The third-order valence-corrected chi connectivity index (χ3v) is 5.18. The first kappa shape index (κ1) is 20.1. The van der Waals surface area contributed by atoms with Crippen LogP contribution in [0.15, 0.2) is 49.2 Å². The summed E-state index contributed by atoms with van der Waals surface area (Å²) >= 11 is 0. The van der Waals surface area contributed by atoms with Gasteiger partial charge in [-0.15, -0.1) is 0 Å². The molecule has 0 aliphatic heterocycles. The van der Waals surface area contributed by atoms with Crippen molar-refractivity contribution in [2.45, 2.75) is 53.4 Å². The van der Waals surface area contributed by atoms with Gasteiger partial charge in [0.05, 0.1) is 22.9 Å². The quantitative estimate of drug-likeness (QED) is 0.438. The summed E-state index contributed by atoms with van der Waals surface area (Å²) in [6.07, 6.45) is 6.21. The first-order valence-electron chi connectivity index (χ1n) is 10.4. The number of aromatic nitrogens is 2. The van der Waals surface area contributed by atoms with Gasteiger partial charge in [0, 0.05) is 17.9 Å². The van der Waals surface area contributed by atoms with Gasteiger partial charge in [0.1, 0.15) is 0 Å². The molecule has 0 bridgehead atoms. The minimum atomic E-state index is 0.853. The summed E-state index contributed by atoms with van der Waals surface area (Å²) in [5, 5.41) is 0. The number of allylic oxidation sites excluding steroid dienone is 1. The number of unbranched alkanes of at least 4 members (excludes halogenated alkanes) is 1. The Morgan fingerprint density at radius 3 is 2.25 bits per heavy atom. The predicted molar refractivity (Wildman–Crippen MR) is 121 cm³/mol. The second-order valence-electron chi connectivity index (χ2n) is 7.43. The lowest BCUT2D eigenvalue weighted by Crippen LogP contribution is -2.19. The van der Waals surface area contributed by atoms with Crippen LogP contribution in [0.1, 0.15) is 57.4 Å². The zero-order valence-corrected chi connectivity index (χ0v) is 17.6. The molecule has 0 saturated heterocycles. The molecule has 146 valence electrons. The van der Waals surface area contributed by atoms with Gasteiger partial charge in [0.25, 0.3) is 0 Å². The monoisotopic (exact) mass is 373 g/mol. The molecule has 0 aliphatic rings. The first-order chi connectivity index (χ1) is 13.5. The van der Waals surface area contributed by atoms with E-state index in [1.165, 1.54) is 22.5 Å². The maximum Gasteiger partial charge on any atom is 0.0914 e. The van der Waals surface area contributed by atoms with Crippen LogP contribution < -0.4 is 4.90 Å². The second-order valence-corrected chi connectivity index (χ2v) is 7.43. The Balaban J connectivity index is 2.10. The van der Waals surface area contributed by atoms with Gasteiger partial charge >= 0.3 is 0 Å². The van der Waals surface area contributed by atoms with Gasteiger partial charge in [-0.3, -0.25) is 4.98 Å². The first-order valence-corrected chi connectivity index (χ1v) is 10.4. The number of hydrogen-bond donors (Lipinski definition) is 0. The summed E-state index contributed by atoms with van der Waals surface area (Å²) in [6.45, 7) is 13.6. The van der Waals surface area contributed by atoms with Crippen LogP contribution in [0.4, 0.5) is 11.4 Å². The van der Waals surface area contributed by atoms with E-state index < -0.39 is 0 Å². The summed E-state index contributed by atoms with van der Waals surface area (Å²) in [5.41, 5.74) is 8.85. The lowest BCUT2D eigenvalue weighted by atomic mass is 10.0. The van der Waals surface area contributed by atoms with Gasteiger partial charge in [-0.2, -0.15) is 0 Å². The van der Waals surface area contributed by atoms with Crippen molar-refractivity contribution in [3.63, 3.8) is 0 Å². The van der Waals surface area contributed by atoms with Gasteiger partial charge < -0.3 is 4.90 Å². The van der Waals surface area contributed by atoms with Crippen LogP contribution in [0.25, 0.3) is 16.6 Å². The van der Waals surface area contributed by atoms with Crippen molar-refractivity contribution in [2.75, 3.05) is 11.4 Å². The zero-order valence-electron chi connectivity index (χ0n) is 17.6. The Morgan fingerprint density at radius 2 is 1.64 bits per heavy atom. The van der Waals surface area contributed by atoms with Crippen molar-refractivity contribution in [2.24, 2.45) is 0 Å². The zero-order chi connectivity index (χ0) is 20.1. The molecular formula is C25H31N3. The van der Waals surface area contributed by atoms with Crippen LogP contribution in [0, 0.1) is 0 Å². The largest absolute Gasteiger partial charge is 0.341 e. The molecule has 28 heavy (non-hydrogen) atoms. The number of hydrogen-bond acceptors (Lipinski definition) is 3. The minimum Gasteiger partial charge on any atom is -0.341 e. The van der Waals surface area contributed by atoms with Gasteiger partial charge in [0.2, 0.25) is 0 Å². The van der Waals surface area contributed by atoms with Gasteiger partial charge in [-0.05, 0) is 73.2 Å². The topological polar surface area (TPSA) is 29.0 Å². The van der Waals surface area contributed by atoms with E-state index in [0.29, 0.717) is 0 Å². The number of rotatable bonds is 8. The standard InChI is InChI=1S/C25H31N3/c1-6-9-12-28(22-14-19(7-2)13-20(8-3)15-22)21-10-11-23-24(16-21)27-25(17-26-23)18(4)5/h10-11,13-17H,4,6-9,12H2,1-3,5H3. The molecule has 0 aliphatic carbocycles. The van der Waals surface area contributed by atoms with E-state index in [1.807, 2.05) is 6.92 Å². The molecule has 3 aromatic rings. The highest BCUT2D eigenvalue weighted by atomic mass is 15.1. The third kappa shape index (κ3) is 4.41. The predicted octanol–water partition coefficient (Wildman–Crippen LogP) is 6.73. The van der Waals surface area contributed by atoms with Crippen molar-refractivity contribution < 1.29 is 0 Å². The van der Waals surface area contributed by atoms with E-state index in [9.17, 15) is 0 Å². The molecule has 3 rings (SSSR count). The highest BCUT2D eigenvalue weighted by Crippen LogP contribution is 2.30. The Labute approximate surface area is 169 Å². The molecule has 1 heterocycles. The lowest BCUT2D eigenvalue weighted by molar-refractivity contribution is 0.785. The van der Waals surface area contributed by atoms with Gasteiger partial charge in [-0.25, -0.2) is 4.98 Å². The molecule has 2 aromatic carbocycles. The van der Waals surface area contributed by atoms with E-state index in [0.717, 1.165) is 54.5 Å². The van der Waals surface area contributed by atoms with Crippen LogP contribution in [0.2, 0.25) is 0 Å². The van der Waals surface area contributed by atoms with Crippen molar-refractivity contribution in [1.82, 2.24) is 9.97 Å². The SMILES string of the molecule is C=C(C)c1cnc2ccc(N(CCCC)c3cc(CC)cc(CC)c3)cc2n1. The number of benzene rings is 2. The molecule has 0 amide bonds. The molecule has 0 N–H and O–H groups in total. The van der Waals surface area contributed by atoms with Crippen molar-refractivity contribution in [3.8, 4) is 0 Å². The summed E-state index contributed by atoms with van der Waals surface area (Å²) < 4.78 is 0. The Bertz CT molecular complexity index is 952. The number of nitrogens with zero attached hydrogens (tertiary/aromatic N) is 3. The van der Waals surface area contributed by atoms with Crippen molar-refractivity contribution in [3.05, 3.63) is 66.0 Å². The molecule has 1 aromatic heterocycles. The molecule has 0 saturated carbocycles. The molecule has 0 atom stereocenters. The summed E-state index contributed by atoms with van der Waals surface area (Å²) in [5.74, 6) is 0. The van der Waals surface area contributed by atoms with E-state index in [2.05, 4.69) is 73.6 Å². The van der Waals surface area contributed by atoms with E-state index in [4.69, 9.17) is 4.98 Å². The fourth-order valence-corrected chi connectivity index (χ4v) is 3.40. The highest BCUT2D eigenvalue weighted by Gasteiger charge is 2.13. The van der Waals surface area contributed by atoms with Crippen molar-refractivity contribution in [1.29, 1.82) is 0 Å². The Hall–Kier alpha value is -2.68. The van der Waals surface area contributed by atoms with E-state index in [1.54, 1.807) is 6.20 Å². The average molecular weight is 374 g/mol. The van der Waals surface area contributed by atoms with E-state index >= 15 is 0 Å². The molecule has 3 heteroatoms. The molecule has 0 unspecified atom stereocenters. The van der Waals surface area contributed by atoms with Crippen LogP contribution in [0.5, 0.6) is 0 Å². The van der Waals surface area contributed by atoms with Gasteiger partial charge in [0.15, 0.2) is 0 Å². The maximum atomic E-state index is 4.77. The van der Waals surface area contributed by atoms with E-state index in [-0.39, 0.29) is 0 Å². The number of aryl methyl sites for hydroxylation is 2. The fraction of sp³-hybridized carbons (Fsp3) is 0.360. The number of fused-ring (bicyclic) bond motifs is 1. The lowest BCUT2D eigenvalue weighted by Gasteiger charge is -2.26. The molecule has 3 nitrogen and oxygen atoms in total. The van der Waals surface area contributed by atoms with Gasteiger partial charge in [-0.1, -0.05) is 39.8 Å². The van der Waals surface area contributed by atoms with Crippen LogP contribution >= 0.6 is 0 Å². The van der Waals surface area contributed by atoms with Crippen molar-refractivity contribution >= 4 is 28.0 Å². The van der Waals surface area contributed by atoms with Crippen LogP contribution in [-0.4, -0.2) is 16.5 Å². The highest BCUT2D eigenvalue weighted by molar-refractivity contribution is 5.82. The minimum absolute atomic E-state index is 0.853. The smallest absolute Gasteiger partial charge is 0.0914 e. The number of anilines is 2. The molecular weight excluding hydrogens is 342 g/mol.